The number of fused-ring (bicyclic) bond motifs is 1. The zero-order valence-electron chi connectivity index (χ0n) is 13.8. The van der Waals surface area contributed by atoms with Gasteiger partial charge in [0, 0.05) is 38.1 Å². The van der Waals surface area contributed by atoms with E-state index >= 15 is 0 Å². The fourth-order valence-electron chi connectivity index (χ4n) is 3.01. The van der Waals surface area contributed by atoms with Crippen LogP contribution in [0.5, 0.6) is 0 Å². The summed E-state index contributed by atoms with van der Waals surface area (Å²) < 4.78 is 11.0. The minimum Gasteiger partial charge on any atom is -0.464 e. The lowest BCUT2D eigenvalue weighted by molar-refractivity contribution is 0.0205. The van der Waals surface area contributed by atoms with Crippen molar-refractivity contribution < 1.29 is 14.3 Å². The van der Waals surface area contributed by atoms with Crippen molar-refractivity contribution in [1.29, 1.82) is 0 Å². The molecule has 2 aromatic rings. The third kappa shape index (κ3) is 4.32. The molecule has 2 heterocycles. The first-order valence-electron chi connectivity index (χ1n) is 8.44. The van der Waals surface area contributed by atoms with E-state index < -0.39 is 6.10 Å². The molecule has 1 aliphatic rings. The van der Waals surface area contributed by atoms with Crippen molar-refractivity contribution in [3.63, 3.8) is 0 Å². The summed E-state index contributed by atoms with van der Waals surface area (Å²) >= 11 is 0. The zero-order chi connectivity index (χ0) is 16.1. The van der Waals surface area contributed by atoms with Gasteiger partial charge in [-0.2, -0.15) is 0 Å². The number of furan rings is 1. The molecule has 0 radical (unpaired) electrons. The molecule has 126 valence electrons. The molecular formula is C18H26N2O3. The lowest BCUT2D eigenvalue weighted by Gasteiger charge is -2.33. The molecule has 1 unspecified atom stereocenters. The topological polar surface area (TPSA) is 49.1 Å². The van der Waals surface area contributed by atoms with E-state index in [9.17, 15) is 5.11 Å². The van der Waals surface area contributed by atoms with Crippen LogP contribution in [-0.2, 0) is 4.74 Å². The van der Waals surface area contributed by atoms with Crippen LogP contribution in [0, 0.1) is 0 Å². The highest BCUT2D eigenvalue weighted by Crippen LogP contribution is 2.21. The summed E-state index contributed by atoms with van der Waals surface area (Å²) in [7, 11) is 0. The highest BCUT2D eigenvalue weighted by molar-refractivity contribution is 5.77. The second-order valence-corrected chi connectivity index (χ2v) is 6.08. The molecule has 1 saturated heterocycles. The van der Waals surface area contributed by atoms with E-state index in [4.69, 9.17) is 9.15 Å². The number of aliphatic hydroxyl groups is 1. The normalized spacial score (nSPS) is 18.5. The van der Waals surface area contributed by atoms with E-state index in [0.29, 0.717) is 13.2 Å². The maximum absolute atomic E-state index is 10.2. The molecule has 0 bridgehead atoms. The highest BCUT2D eigenvalue weighted by atomic mass is 16.5. The Labute approximate surface area is 137 Å². The second-order valence-electron chi connectivity index (χ2n) is 6.08. The summed E-state index contributed by atoms with van der Waals surface area (Å²) in [6.07, 6.45) is 1.07. The number of piperazine rings is 1. The molecule has 1 aromatic carbocycles. The predicted molar refractivity (Wildman–Crippen MR) is 90.5 cm³/mol. The summed E-state index contributed by atoms with van der Waals surface area (Å²) in [5.41, 5.74) is 1.71. The molecule has 5 heteroatoms. The van der Waals surface area contributed by atoms with Gasteiger partial charge in [0.25, 0.3) is 0 Å². The van der Waals surface area contributed by atoms with E-state index in [1.54, 1.807) is 6.26 Å². The van der Waals surface area contributed by atoms with Gasteiger partial charge in [-0.25, -0.2) is 0 Å². The third-order valence-electron chi connectivity index (χ3n) is 4.60. The standard InChI is InChI=1S/C18H26N2O3/c1-2-19-6-8-20(9-7-19)10-12-22-14-17(21)15-3-4-18-16(13-15)5-11-23-18/h3-5,11,13,17,21H,2,6-10,12,14H2,1H3. The van der Waals surface area contributed by atoms with Crippen LogP contribution in [0.3, 0.4) is 0 Å². The molecule has 5 nitrogen and oxygen atoms in total. The number of nitrogens with zero attached hydrogens (tertiary/aromatic N) is 2. The Balaban J connectivity index is 1.38. The van der Waals surface area contributed by atoms with Crippen LogP contribution in [0.4, 0.5) is 0 Å². The van der Waals surface area contributed by atoms with Gasteiger partial charge in [-0.05, 0) is 30.3 Å². The summed E-state index contributed by atoms with van der Waals surface area (Å²) in [4.78, 5) is 4.89. The fourth-order valence-corrected chi connectivity index (χ4v) is 3.01. The Morgan fingerprint density at radius 3 is 2.74 bits per heavy atom. The first kappa shape index (κ1) is 16.5. The van der Waals surface area contributed by atoms with Crippen molar-refractivity contribution in [2.75, 3.05) is 52.5 Å². The minimum atomic E-state index is -0.591. The predicted octanol–water partition coefficient (Wildman–Crippen LogP) is 2.12. The van der Waals surface area contributed by atoms with Crippen LogP contribution in [0.1, 0.15) is 18.6 Å². The van der Waals surface area contributed by atoms with Crippen molar-refractivity contribution in [3.05, 3.63) is 36.1 Å². The number of rotatable bonds is 7. The molecule has 23 heavy (non-hydrogen) atoms. The molecule has 1 aromatic heterocycles. The first-order valence-corrected chi connectivity index (χ1v) is 8.44. The van der Waals surface area contributed by atoms with Gasteiger partial charge in [0.1, 0.15) is 11.7 Å². The van der Waals surface area contributed by atoms with Gasteiger partial charge < -0.3 is 19.2 Å². The third-order valence-corrected chi connectivity index (χ3v) is 4.60. The van der Waals surface area contributed by atoms with Crippen molar-refractivity contribution in [2.45, 2.75) is 13.0 Å². The fraction of sp³-hybridized carbons (Fsp3) is 0.556. The number of likely N-dealkylation sites (N-methyl/N-ethyl adjacent to an activating group) is 1. The molecule has 0 aliphatic carbocycles. The number of aliphatic hydroxyl groups excluding tert-OH is 1. The SMILES string of the molecule is CCN1CCN(CCOCC(O)c2ccc3occc3c2)CC1. The van der Waals surface area contributed by atoms with E-state index in [1.165, 1.54) is 0 Å². The van der Waals surface area contributed by atoms with Crippen LogP contribution < -0.4 is 0 Å². The van der Waals surface area contributed by atoms with Gasteiger partial charge in [0.05, 0.1) is 19.5 Å². The number of hydrogen-bond donors (Lipinski definition) is 1. The van der Waals surface area contributed by atoms with Crippen molar-refractivity contribution in [1.82, 2.24) is 9.80 Å². The second kappa shape index (κ2) is 7.93. The lowest BCUT2D eigenvalue weighted by Crippen LogP contribution is -2.47. The minimum absolute atomic E-state index is 0.332. The van der Waals surface area contributed by atoms with Gasteiger partial charge in [-0.3, -0.25) is 4.90 Å². The quantitative estimate of drug-likeness (QED) is 0.793. The summed E-state index contributed by atoms with van der Waals surface area (Å²) in [6.45, 7) is 9.78. The Hall–Kier alpha value is -1.40. The van der Waals surface area contributed by atoms with E-state index in [1.807, 2.05) is 24.3 Å². The zero-order valence-corrected chi connectivity index (χ0v) is 13.8. The van der Waals surface area contributed by atoms with Crippen LogP contribution in [0.2, 0.25) is 0 Å². The Morgan fingerprint density at radius 2 is 1.96 bits per heavy atom. The molecule has 1 atom stereocenters. The van der Waals surface area contributed by atoms with Crippen molar-refractivity contribution in [3.8, 4) is 0 Å². The van der Waals surface area contributed by atoms with E-state index in [2.05, 4.69) is 16.7 Å². The van der Waals surface area contributed by atoms with Crippen LogP contribution in [0.15, 0.2) is 34.9 Å². The summed E-state index contributed by atoms with van der Waals surface area (Å²) in [5, 5.41) is 11.3. The Bertz CT molecular complexity index is 605. The summed E-state index contributed by atoms with van der Waals surface area (Å²) in [5.74, 6) is 0. The van der Waals surface area contributed by atoms with Crippen molar-refractivity contribution in [2.24, 2.45) is 0 Å². The van der Waals surface area contributed by atoms with E-state index in [0.717, 1.165) is 55.8 Å². The van der Waals surface area contributed by atoms with Crippen LogP contribution >= 0.6 is 0 Å². The Kier molecular flexibility index (Phi) is 5.67. The monoisotopic (exact) mass is 318 g/mol. The van der Waals surface area contributed by atoms with Gasteiger partial charge in [0.2, 0.25) is 0 Å². The first-order chi connectivity index (χ1) is 11.3. The van der Waals surface area contributed by atoms with E-state index in [-0.39, 0.29) is 0 Å². The lowest BCUT2D eigenvalue weighted by atomic mass is 10.1. The Morgan fingerprint density at radius 1 is 1.17 bits per heavy atom. The van der Waals surface area contributed by atoms with Gasteiger partial charge in [0.15, 0.2) is 0 Å². The maximum atomic E-state index is 10.2. The molecule has 1 aliphatic heterocycles. The molecule has 3 rings (SSSR count). The molecule has 0 amide bonds. The number of benzene rings is 1. The molecule has 1 N–H and O–H groups in total. The largest absolute Gasteiger partial charge is 0.464 e. The average Bonchev–Trinajstić information content (AvgIpc) is 3.06. The van der Waals surface area contributed by atoms with Crippen LogP contribution in [0.25, 0.3) is 11.0 Å². The maximum Gasteiger partial charge on any atom is 0.133 e. The number of hydrogen-bond acceptors (Lipinski definition) is 5. The van der Waals surface area contributed by atoms with Crippen LogP contribution in [-0.4, -0.2) is 67.4 Å². The van der Waals surface area contributed by atoms with Gasteiger partial charge in [-0.15, -0.1) is 0 Å². The number of ether oxygens (including phenoxy) is 1. The smallest absolute Gasteiger partial charge is 0.133 e. The van der Waals surface area contributed by atoms with Gasteiger partial charge in [-0.1, -0.05) is 13.0 Å². The van der Waals surface area contributed by atoms with Crippen molar-refractivity contribution >= 4 is 11.0 Å². The molecular weight excluding hydrogens is 292 g/mol. The molecule has 0 saturated carbocycles. The molecule has 1 fully saturated rings. The summed E-state index contributed by atoms with van der Waals surface area (Å²) in [6, 6.07) is 7.64. The highest BCUT2D eigenvalue weighted by Gasteiger charge is 2.15. The molecule has 0 spiro atoms. The van der Waals surface area contributed by atoms with Gasteiger partial charge >= 0.3 is 0 Å². The average molecular weight is 318 g/mol.